The van der Waals surface area contributed by atoms with Crippen LogP contribution in [-0.2, 0) is 10.0 Å². The maximum atomic E-state index is 12.8. The van der Waals surface area contributed by atoms with Gasteiger partial charge >= 0.3 is 0 Å². The topological polar surface area (TPSA) is 96.5 Å². The third-order valence-electron chi connectivity index (χ3n) is 5.63. The number of benzene rings is 3. The second-order valence-corrected chi connectivity index (χ2v) is 9.87. The summed E-state index contributed by atoms with van der Waals surface area (Å²) in [6.45, 7) is 2.06. The summed E-state index contributed by atoms with van der Waals surface area (Å²) in [5.74, 6) is 1.88. The predicted molar refractivity (Wildman–Crippen MR) is 137 cm³/mol. The fourth-order valence-electron chi connectivity index (χ4n) is 3.86. The van der Waals surface area contributed by atoms with Gasteiger partial charge in [0, 0.05) is 30.5 Å². The Balaban J connectivity index is 1.22. The monoisotopic (exact) mass is 487 g/mol. The number of hydrogen-bond donors (Lipinski definition) is 2. The Morgan fingerprint density at radius 3 is 2.17 bits per heavy atom. The first kappa shape index (κ1) is 22.7. The molecule has 1 fully saturated rings. The van der Waals surface area contributed by atoms with Crippen LogP contribution < -0.4 is 19.7 Å². The summed E-state index contributed by atoms with van der Waals surface area (Å²) in [4.78, 5) is 2.44. The Morgan fingerprint density at radius 2 is 1.46 bits per heavy atom. The standard InChI is InChI=1S/C26H25N5O3S/c32-35(33,25-14-12-24(13-15-25)34-23-6-2-1-3-7-23)30-21-10-8-20(9-11-21)28-26-18-22(19-27-29-26)31-16-4-5-17-31/h1-3,6-15,18-19,30H,4-5,16-17H2,(H,28,29). The van der Waals surface area contributed by atoms with Gasteiger partial charge in [-0.25, -0.2) is 8.42 Å². The van der Waals surface area contributed by atoms with Crippen molar-refractivity contribution in [3.05, 3.63) is 91.1 Å². The van der Waals surface area contributed by atoms with Gasteiger partial charge in [-0.15, -0.1) is 5.10 Å². The summed E-state index contributed by atoms with van der Waals surface area (Å²) < 4.78 is 34.0. The summed E-state index contributed by atoms with van der Waals surface area (Å²) in [7, 11) is -3.74. The van der Waals surface area contributed by atoms with Crippen LogP contribution >= 0.6 is 0 Å². The van der Waals surface area contributed by atoms with Crippen molar-refractivity contribution in [1.82, 2.24) is 10.2 Å². The maximum Gasteiger partial charge on any atom is 0.261 e. The number of hydrogen-bond acceptors (Lipinski definition) is 7. The van der Waals surface area contributed by atoms with Crippen LogP contribution in [-0.4, -0.2) is 31.7 Å². The molecule has 8 nitrogen and oxygen atoms in total. The number of anilines is 4. The number of nitrogens with zero attached hydrogens (tertiary/aromatic N) is 3. The molecular formula is C26H25N5O3S. The van der Waals surface area contributed by atoms with Crippen LogP contribution in [0.2, 0.25) is 0 Å². The predicted octanol–water partition coefficient (Wildman–Crippen LogP) is 5.41. The average Bonchev–Trinajstić information content (AvgIpc) is 3.42. The van der Waals surface area contributed by atoms with Gasteiger partial charge in [-0.2, -0.15) is 5.10 Å². The second kappa shape index (κ2) is 10.0. The van der Waals surface area contributed by atoms with Crippen molar-refractivity contribution in [2.24, 2.45) is 0 Å². The molecule has 35 heavy (non-hydrogen) atoms. The van der Waals surface area contributed by atoms with Crippen LogP contribution in [0.1, 0.15) is 12.8 Å². The van der Waals surface area contributed by atoms with Crippen molar-refractivity contribution < 1.29 is 13.2 Å². The smallest absolute Gasteiger partial charge is 0.261 e. The quantitative estimate of drug-likeness (QED) is 0.343. The van der Waals surface area contributed by atoms with Crippen molar-refractivity contribution >= 4 is 32.9 Å². The van der Waals surface area contributed by atoms with Crippen molar-refractivity contribution in [2.75, 3.05) is 28.0 Å². The molecule has 4 aromatic rings. The van der Waals surface area contributed by atoms with Gasteiger partial charge in [0.1, 0.15) is 11.5 Å². The van der Waals surface area contributed by atoms with E-state index in [9.17, 15) is 8.42 Å². The zero-order valence-electron chi connectivity index (χ0n) is 19.0. The molecule has 1 aliphatic heterocycles. The van der Waals surface area contributed by atoms with E-state index in [-0.39, 0.29) is 4.90 Å². The minimum absolute atomic E-state index is 0.147. The lowest BCUT2D eigenvalue weighted by Gasteiger charge is -2.17. The van der Waals surface area contributed by atoms with E-state index in [0.29, 0.717) is 23.0 Å². The number of aromatic nitrogens is 2. The van der Waals surface area contributed by atoms with E-state index < -0.39 is 10.0 Å². The lowest BCUT2D eigenvalue weighted by molar-refractivity contribution is 0.482. The van der Waals surface area contributed by atoms with E-state index in [1.807, 2.05) is 36.4 Å². The number of nitrogens with one attached hydrogen (secondary N) is 2. The SMILES string of the molecule is O=S(=O)(Nc1ccc(Nc2cc(N3CCCC3)cnn2)cc1)c1ccc(Oc2ccccc2)cc1. The van der Waals surface area contributed by atoms with E-state index in [0.717, 1.165) is 24.5 Å². The van der Waals surface area contributed by atoms with Gasteiger partial charge in [0.05, 0.1) is 16.8 Å². The third-order valence-corrected chi connectivity index (χ3v) is 7.03. The number of rotatable bonds is 8. The first-order valence-corrected chi connectivity index (χ1v) is 12.8. The molecule has 3 aromatic carbocycles. The molecule has 1 aromatic heterocycles. The molecule has 0 aliphatic carbocycles. The molecule has 1 saturated heterocycles. The maximum absolute atomic E-state index is 12.8. The molecule has 1 aliphatic rings. The van der Waals surface area contributed by atoms with Crippen LogP contribution in [0, 0.1) is 0 Å². The molecule has 0 radical (unpaired) electrons. The summed E-state index contributed by atoms with van der Waals surface area (Å²) in [6, 6.07) is 24.6. The molecule has 178 valence electrons. The van der Waals surface area contributed by atoms with Gasteiger partial charge in [0.25, 0.3) is 10.0 Å². The summed E-state index contributed by atoms with van der Waals surface area (Å²) in [5, 5.41) is 11.5. The van der Waals surface area contributed by atoms with E-state index >= 15 is 0 Å². The molecular weight excluding hydrogens is 462 g/mol. The molecule has 0 atom stereocenters. The van der Waals surface area contributed by atoms with Crippen molar-refractivity contribution in [2.45, 2.75) is 17.7 Å². The Kier molecular flexibility index (Phi) is 6.49. The normalized spacial score (nSPS) is 13.4. The van der Waals surface area contributed by atoms with Gasteiger partial charge in [-0.3, -0.25) is 4.72 Å². The molecule has 2 heterocycles. The van der Waals surface area contributed by atoms with Crippen LogP contribution in [0.3, 0.4) is 0 Å². The van der Waals surface area contributed by atoms with E-state index in [1.165, 1.54) is 25.0 Å². The Hall–Kier alpha value is -4.11. The Bertz CT molecular complexity index is 1370. The first-order valence-electron chi connectivity index (χ1n) is 11.4. The molecule has 0 unspecified atom stereocenters. The molecule has 5 rings (SSSR count). The Labute approximate surface area is 204 Å². The molecule has 0 spiro atoms. The fourth-order valence-corrected chi connectivity index (χ4v) is 4.92. The highest BCUT2D eigenvalue weighted by molar-refractivity contribution is 7.92. The number of sulfonamides is 1. The number of ether oxygens (including phenoxy) is 1. The first-order chi connectivity index (χ1) is 17.0. The van der Waals surface area contributed by atoms with E-state index in [4.69, 9.17) is 4.74 Å². The van der Waals surface area contributed by atoms with E-state index in [1.54, 1.807) is 42.6 Å². The highest BCUT2D eigenvalue weighted by Gasteiger charge is 2.15. The average molecular weight is 488 g/mol. The van der Waals surface area contributed by atoms with Crippen LogP contribution in [0.25, 0.3) is 0 Å². The molecule has 2 N–H and O–H groups in total. The summed E-state index contributed by atoms with van der Waals surface area (Å²) in [5.41, 5.74) is 2.28. The summed E-state index contributed by atoms with van der Waals surface area (Å²) in [6.07, 6.45) is 4.15. The fraction of sp³-hybridized carbons (Fsp3) is 0.154. The van der Waals surface area contributed by atoms with Crippen LogP contribution in [0.15, 0.2) is 96.0 Å². The van der Waals surface area contributed by atoms with Crippen molar-refractivity contribution in [1.29, 1.82) is 0 Å². The zero-order valence-corrected chi connectivity index (χ0v) is 19.8. The lowest BCUT2D eigenvalue weighted by atomic mass is 10.3. The minimum Gasteiger partial charge on any atom is -0.457 e. The van der Waals surface area contributed by atoms with Gasteiger partial charge in [0.15, 0.2) is 5.82 Å². The molecule has 0 amide bonds. The van der Waals surface area contributed by atoms with Crippen LogP contribution in [0.5, 0.6) is 11.5 Å². The van der Waals surface area contributed by atoms with Crippen molar-refractivity contribution in [3.8, 4) is 11.5 Å². The van der Waals surface area contributed by atoms with E-state index in [2.05, 4.69) is 25.1 Å². The van der Waals surface area contributed by atoms with Gasteiger partial charge < -0.3 is 15.0 Å². The lowest BCUT2D eigenvalue weighted by Crippen LogP contribution is -2.18. The van der Waals surface area contributed by atoms with Gasteiger partial charge in [-0.05, 0) is 73.5 Å². The largest absolute Gasteiger partial charge is 0.457 e. The zero-order chi connectivity index (χ0) is 24.1. The van der Waals surface area contributed by atoms with Crippen LogP contribution in [0.4, 0.5) is 22.9 Å². The second-order valence-electron chi connectivity index (χ2n) is 8.19. The highest BCUT2D eigenvalue weighted by Crippen LogP contribution is 2.26. The van der Waals surface area contributed by atoms with Gasteiger partial charge in [0.2, 0.25) is 0 Å². The van der Waals surface area contributed by atoms with Crippen molar-refractivity contribution in [3.63, 3.8) is 0 Å². The van der Waals surface area contributed by atoms with Gasteiger partial charge in [-0.1, -0.05) is 18.2 Å². The molecule has 0 saturated carbocycles. The highest BCUT2D eigenvalue weighted by atomic mass is 32.2. The Morgan fingerprint density at radius 1 is 0.800 bits per heavy atom. The minimum atomic E-state index is -3.74. The number of para-hydroxylation sites is 1. The third kappa shape index (κ3) is 5.70. The molecule has 9 heteroatoms. The molecule has 0 bridgehead atoms. The summed E-state index contributed by atoms with van der Waals surface area (Å²) >= 11 is 0.